The molecule has 0 spiro atoms. The lowest BCUT2D eigenvalue weighted by Gasteiger charge is -2.08. The summed E-state index contributed by atoms with van der Waals surface area (Å²) in [6, 6.07) is 9.03. The van der Waals surface area contributed by atoms with Gasteiger partial charge >= 0.3 is 11.9 Å². The van der Waals surface area contributed by atoms with Gasteiger partial charge in [-0.15, -0.1) is 23.5 Å². The first-order chi connectivity index (χ1) is 10.9. The van der Waals surface area contributed by atoms with Crippen LogP contribution < -0.4 is 11.5 Å². The van der Waals surface area contributed by atoms with Crippen molar-refractivity contribution in [1.82, 2.24) is 0 Å². The molecule has 6 nitrogen and oxygen atoms in total. The van der Waals surface area contributed by atoms with Crippen LogP contribution in [-0.2, 0) is 0 Å². The van der Waals surface area contributed by atoms with Crippen molar-refractivity contribution in [3.05, 3.63) is 47.5 Å². The maximum Gasteiger partial charge on any atom is 0.335 e. The zero-order valence-corrected chi connectivity index (χ0v) is 13.5. The average Bonchev–Trinajstić information content (AvgIpc) is 2.50. The van der Waals surface area contributed by atoms with Crippen LogP contribution in [0.5, 0.6) is 0 Å². The Bertz CT molecular complexity index is 702. The van der Waals surface area contributed by atoms with E-state index in [-0.39, 0.29) is 11.1 Å². The van der Waals surface area contributed by atoms with Crippen LogP contribution in [0.15, 0.2) is 46.2 Å². The van der Waals surface area contributed by atoms with E-state index in [1.54, 1.807) is 12.1 Å². The van der Waals surface area contributed by atoms with Crippen molar-refractivity contribution in [2.24, 2.45) is 0 Å². The number of hydrogen-bond acceptors (Lipinski definition) is 6. The fourth-order valence-corrected chi connectivity index (χ4v) is 3.88. The number of hydrogen-bond donors (Lipinski definition) is 4. The fourth-order valence-electron chi connectivity index (χ4n) is 1.74. The second-order valence-corrected chi connectivity index (χ2v) is 6.92. The van der Waals surface area contributed by atoms with Crippen LogP contribution in [0.3, 0.4) is 0 Å². The molecular formula is C15H14N2O4S2. The van der Waals surface area contributed by atoms with Gasteiger partial charge < -0.3 is 21.7 Å². The molecule has 0 fully saturated rings. The van der Waals surface area contributed by atoms with Gasteiger partial charge in [-0.25, -0.2) is 9.59 Å². The van der Waals surface area contributed by atoms with Gasteiger partial charge in [0, 0.05) is 26.3 Å². The largest absolute Gasteiger partial charge is 0.478 e. The molecule has 0 atom stereocenters. The number of thioether (sulfide) groups is 2. The molecule has 6 N–H and O–H groups in total. The number of anilines is 2. The summed E-state index contributed by atoms with van der Waals surface area (Å²) in [6.45, 7) is 0. The number of aromatic carboxylic acids is 2. The SMILES string of the molecule is Nc1ccc(C(=O)O)cc1SCSc1cc(C(=O)O)ccc1N. The third-order valence-electron chi connectivity index (χ3n) is 2.95. The standard InChI is InChI=1S/C15H14N2O4S2/c16-10-3-1-8(14(18)19)5-12(10)22-7-23-13-6-9(15(20)21)2-4-11(13)17/h1-6H,7,16-17H2,(H,18,19)(H,20,21). The Labute approximate surface area is 140 Å². The summed E-state index contributed by atoms with van der Waals surface area (Å²) in [5.41, 5.74) is 13.0. The number of carboxylic acid groups (broad SMARTS) is 2. The van der Waals surface area contributed by atoms with Gasteiger partial charge in [-0.2, -0.15) is 0 Å². The number of nitrogen functional groups attached to an aromatic ring is 2. The second kappa shape index (κ2) is 7.30. The molecule has 0 unspecified atom stereocenters. The molecular weight excluding hydrogens is 336 g/mol. The van der Waals surface area contributed by atoms with E-state index in [0.717, 1.165) is 0 Å². The third kappa shape index (κ3) is 4.33. The van der Waals surface area contributed by atoms with Gasteiger partial charge in [-0.1, -0.05) is 0 Å². The predicted molar refractivity (Wildman–Crippen MR) is 92.2 cm³/mol. The minimum absolute atomic E-state index is 0.166. The zero-order valence-electron chi connectivity index (χ0n) is 11.9. The molecule has 2 aromatic rings. The Kier molecular flexibility index (Phi) is 5.41. The second-order valence-electron chi connectivity index (χ2n) is 4.52. The van der Waals surface area contributed by atoms with E-state index in [4.69, 9.17) is 21.7 Å². The first-order valence-electron chi connectivity index (χ1n) is 6.39. The molecule has 2 rings (SSSR count). The number of benzene rings is 2. The Morgan fingerprint density at radius 3 is 1.57 bits per heavy atom. The molecule has 0 saturated heterocycles. The Hall–Kier alpha value is -2.32. The molecule has 2 aromatic carbocycles. The summed E-state index contributed by atoms with van der Waals surface area (Å²) in [5.74, 6) is -2.03. The quantitative estimate of drug-likeness (QED) is 0.356. The molecule has 0 heterocycles. The lowest BCUT2D eigenvalue weighted by Crippen LogP contribution is -1.99. The van der Waals surface area contributed by atoms with Crippen LogP contribution in [0.1, 0.15) is 20.7 Å². The first-order valence-corrected chi connectivity index (χ1v) is 8.37. The normalized spacial score (nSPS) is 10.4. The van der Waals surface area contributed by atoms with Crippen LogP contribution in [0.4, 0.5) is 11.4 Å². The molecule has 8 heteroatoms. The molecule has 0 aliphatic rings. The third-order valence-corrected chi connectivity index (χ3v) is 5.22. The van der Waals surface area contributed by atoms with Crippen LogP contribution in [0, 0.1) is 0 Å². The van der Waals surface area contributed by atoms with Crippen molar-refractivity contribution in [2.75, 3.05) is 16.6 Å². The highest BCUT2D eigenvalue weighted by atomic mass is 32.2. The summed E-state index contributed by atoms with van der Waals surface area (Å²) in [6.07, 6.45) is 0. The summed E-state index contributed by atoms with van der Waals surface area (Å²) in [5, 5.41) is 18.5. The molecule has 0 aliphatic heterocycles. The number of carbonyl (C=O) groups is 2. The van der Waals surface area contributed by atoms with E-state index in [1.807, 2.05) is 0 Å². The van der Waals surface area contributed by atoms with Crippen molar-refractivity contribution in [3.63, 3.8) is 0 Å². The van der Waals surface area contributed by atoms with Gasteiger partial charge in [0.15, 0.2) is 0 Å². The molecule has 0 saturated carbocycles. The fraction of sp³-hybridized carbons (Fsp3) is 0.0667. The van der Waals surface area contributed by atoms with Gasteiger partial charge in [0.25, 0.3) is 0 Å². The highest BCUT2D eigenvalue weighted by molar-refractivity contribution is 8.16. The molecule has 0 amide bonds. The summed E-state index contributed by atoms with van der Waals surface area (Å²) < 4.78 is 0. The van der Waals surface area contributed by atoms with Gasteiger partial charge in [0.05, 0.1) is 11.1 Å². The van der Waals surface area contributed by atoms with Gasteiger partial charge in [0.1, 0.15) is 0 Å². The summed E-state index contributed by atoms with van der Waals surface area (Å²) >= 11 is 2.74. The van der Waals surface area contributed by atoms with E-state index in [1.165, 1.54) is 47.8 Å². The molecule has 0 aliphatic carbocycles. The number of rotatable bonds is 6. The Morgan fingerprint density at radius 1 is 0.826 bits per heavy atom. The first kappa shape index (κ1) is 17.0. The molecule has 0 aromatic heterocycles. The van der Waals surface area contributed by atoms with Crippen molar-refractivity contribution in [2.45, 2.75) is 9.79 Å². The minimum atomic E-state index is -1.02. The van der Waals surface area contributed by atoms with Crippen molar-refractivity contribution in [1.29, 1.82) is 0 Å². The molecule has 23 heavy (non-hydrogen) atoms. The van der Waals surface area contributed by atoms with E-state index in [0.29, 0.717) is 26.3 Å². The van der Waals surface area contributed by atoms with Crippen LogP contribution >= 0.6 is 23.5 Å². The Morgan fingerprint density at radius 2 is 1.22 bits per heavy atom. The maximum absolute atomic E-state index is 11.0. The Balaban J connectivity index is 2.08. The topological polar surface area (TPSA) is 127 Å². The van der Waals surface area contributed by atoms with Crippen LogP contribution in [-0.4, -0.2) is 27.2 Å². The number of carboxylic acids is 2. The highest BCUT2D eigenvalue weighted by Gasteiger charge is 2.10. The average molecular weight is 350 g/mol. The van der Waals surface area contributed by atoms with E-state index < -0.39 is 11.9 Å². The lowest BCUT2D eigenvalue weighted by molar-refractivity contribution is 0.0686. The molecule has 120 valence electrons. The van der Waals surface area contributed by atoms with Crippen LogP contribution in [0.2, 0.25) is 0 Å². The molecule has 0 radical (unpaired) electrons. The minimum Gasteiger partial charge on any atom is -0.478 e. The van der Waals surface area contributed by atoms with Gasteiger partial charge in [0.2, 0.25) is 0 Å². The van der Waals surface area contributed by atoms with Crippen molar-refractivity contribution >= 4 is 46.8 Å². The van der Waals surface area contributed by atoms with Gasteiger partial charge in [-0.05, 0) is 36.4 Å². The summed E-state index contributed by atoms with van der Waals surface area (Å²) in [4.78, 5) is 23.3. The highest BCUT2D eigenvalue weighted by Crippen LogP contribution is 2.34. The van der Waals surface area contributed by atoms with E-state index in [2.05, 4.69) is 0 Å². The van der Waals surface area contributed by atoms with Crippen LogP contribution in [0.25, 0.3) is 0 Å². The maximum atomic E-state index is 11.0. The lowest BCUT2D eigenvalue weighted by atomic mass is 10.2. The van der Waals surface area contributed by atoms with Crippen molar-refractivity contribution < 1.29 is 19.8 Å². The zero-order chi connectivity index (χ0) is 17.0. The summed E-state index contributed by atoms with van der Waals surface area (Å²) in [7, 11) is 0. The monoisotopic (exact) mass is 350 g/mol. The molecule has 0 bridgehead atoms. The van der Waals surface area contributed by atoms with E-state index in [9.17, 15) is 9.59 Å². The predicted octanol–water partition coefficient (Wildman–Crippen LogP) is 3.09. The van der Waals surface area contributed by atoms with E-state index >= 15 is 0 Å². The number of nitrogens with two attached hydrogens (primary N) is 2. The van der Waals surface area contributed by atoms with Gasteiger partial charge in [-0.3, -0.25) is 0 Å². The smallest absolute Gasteiger partial charge is 0.335 e. The van der Waals surface area contributed by atoms with Crippen molar-refractivity contribution in [3.8, 4) is 0 Å².